The van der Waals surface area contributed by atoms with Crippen molar-refractivity contribution in [3.8, 4) is 0 Å². The molecular formula is C18H21NO5S. The Balaban J connectivity index is 2.05. The molecule has 0 spiro atoms. The van der Waals surface area contributed by atoms with Crippen LogP contribution in [0.2, 0.25) is 0 Å². The lowest BCUT2D eigenvalue weighted by Crippen LogP contribution is -2.19. The summed E-state index contributed by atoms with van der Waals surface area (Å²) in [6.45, 7) is 0. The Hall–Kier alpha value is -2.15. The van der Waals surface area contributed by atoms with Gasteiger partial charge < -0.3 is 14.2 Å². The zero-order valence-corrected chi connectivity index (χ0v) is 15.1. The van der Waals surface area contributed by atoms with Crippen molar-refractivity contribution < 1.29 is 23.8 Å². The van der Waals surface area contributed by atoms with Crippen LogP contribution in [0.15, 0.2) is 33.7 Å². The molecule has 1 unspecified atom stereocenters. The zero-order chi connectivity index (χ0) is 17.8. The lowest BCUT2D eigenvalue weighted by molar-refractivity contribution is -0.139. The van der Waals surface area contributed by atoms with Gasteiger partial charge in [-0.05, 0) is 24.3 Å². The molecule has 2 aliphatic rings. The van der Waals surface area contributed by atoms with Crippen LogP contribution in [0.3, 0.4) is 0 Å². The first-order valence-corrected chi connectivity index (χ1v) is 9.22. The van der Waals surface area contributed by atoms with Crippen molar-refractivity contribution >= 4 is 29.2 Å². The highest BCUT2D eigenvalue weighted by atomic mass is 32.1. The van der Waals surface area contributed by atoms with Gasteiger partial charge in [0.25, 0.3) is 0 Å². The fraction of sp³-hybridized carbons (Fsp3) is 0.500. The van der Waals surface area contributed by atoms with E-state index in [1.54, 1.807) is 0 Å². The molecule has 25 heavy (non-hydrogen) atoms. The maximum atomic E-state index is 12.4. The smallest absolute Gasteiger partial charge is 0.344 e. The van der Waals surface area contributed by atoms with Crippen molar-refractivity contribution in [1.82, 2.24) is 0 Å². The number of methoxy groups -OCH3 is 2. The van der Waals surface area contributed by atoms with E-state index in [1.165, 1.54) is 32.0 Å². The van der Waals surface area contributed by atoms with Gasteiger partial charge in [-0.15, -0.1) is 11.3 Å². The van der Waals surface area contributed by atoms with Gasteiger partial charge in [-0.1, -0.05) is 25.3 Å². The fourth-order valence-corrected chi connectivity index (χ4v) is 3.97. The Labute approximate surface area is 150 Å². The van der Waals surface area contributed by atoms with Gasteiger partial charge in [-0.3, -0.25) is 0 Å². The molecule has 3 rings (SSSR count). The van der Waals surface area contributed by atoms with Crippen molar-refractivity contribution in [2.45, 2.75) is 44.2 Å². The molecule has 1 atom stereocenters. The van der Waals surface area contributed by atoms with E-state index in [2.05, 4.69) is 4.99 Å². The average molecular weight is 363 g/mol. The molecule has 6 nitrogen and oxygen atoms in total. The minimum Gasteiger partial charge on any atom is -0.466 e. The number of hydrogen-bond donors (Lipinski definition) is 0. The SMILES string of the molecule is COC(=O)C1=C(C(=O)OC)C(c2cccs2)OC1=NC1CCCCC1. The van der Waals surface area contributed by atoms with Crippen LogP contribution in [-0.4, -0.2) is 38.1 Å². The molecule has 0 N–H and O–H groups in total. The number of thiophene rings is 1. The van der Waals surface area contributed by atoms with Crippen molar-refractivity contribution in [3.63, 3.8) is 0 Å². The third kappa shape index (κ3) is 3.61. The maximum Gasteiger partial charge on any atom is 0.344 e. The second-order valence-electron chi connectivity index (χ2n) is 6.01. The summed E-state index contributed by atoms with van der Waals surface area (Å²) in [6.07, 6.45) is 4.64. The van der Waals surface area contributed by atoms with Crippen molar-refractivity contribution in [2.24, 2.45) is 4.99 Å². The molecular weight excluding hydrogens is 342 g/mol. The standard InChI is InChI=1S/C18H21NO5S/c1-22-17(20)13-14(18(21)23-2)16(19-11-7-4-3-5-8-11)24-15(13)12-9-6-10-25-12/h6,9-11,15H,3-5,7-8H2,1-2H3. The Bertz CT molecular complexity index is 701. The van der Waals surface area contributed by atoms with E-state index in [-0.39, 0.29) is 23.1 Å². The second kappa shape index (κ2) is 7.82. The van der Waals surface area contributed by atoms with E-state index in [9.17, 15) is 9.59 Å². The van der Waals surface area contributed by atoms with E-state index in [0.717, 1.165) is 30.6 Å². The number of hydrogen-bond acceptors (Lipinski definition) is 7. The van der Waals surface area contributed by atoms with Gasteiger partial charge in [-0.2, -0.15) is 0 Å². The average Bonchev–Trinajstić information content (AvgIpc) is 3.29. The van der Waals surface area contributed by atoms with Crippen molar-refractivity contribution in [2.75, 3.05) is 14.2 Å². The molecule has 0 amide bonds. The number of esters is 2. The van der Waals surface area contributed by atoms with Crippen LogP contribution in [0.4, 0.5) is 0 Å². The third-order valence-electron chi connectivity index (χ3n) is 4.45. The summed E-state index contributed by atoms with van der Waals surface area (Å²) in [5.74, 6) is -1.04. The monoisotopic (exact) mass is 363 g/mol. The molecule has 0 radical (unpaired) electrons. The van der Waals surface area contributed by atoms with Gasteiger partial charge >= 0.3 is 11.9 Å². The predicted octanol–water partition coefficient (Wildman–Crippen LogP) is 3.19. The molecule has 1 aliphatic heterocycles. The lowest BCUT2D eigenvalue weighted by atomic mass is 9.96. The first-order valence-electron chi connectivity index (χ1n) is 8.34. The van der Waals surface area contributed by atoms with Crippen LogP contribution in [0.25, 0.3) is 0 Å². The summed E-state index contributed by atoms with van der Waals surface area (Å²) in [4.78, 5) is 30.2. The van der Waals surface area contributed by atoms with Crippen molar-refractivity contribution in [3.05, 3.63) is 33.5 Å². The highest BCUT2D eigenvalue weighted by molar-refractivity contribution is 7.10. The minimum atomic E-state index is -0.691. The quantitative estimate of drug-likeness (QED) is 0.768. The van der Waals surface area contributed by atoms with Gasteiger partial charge in [0.1, 0.15) is 11.1 Å². The van der Waals surface area contributed by atoms with Crippen LogP contribution in [0.5, 0.6) is 0 Å². The number of nitrogens with zero attached hydrogens (tertiary/aromatic N) is 1. The van der Waals surface area contributed by atoms with Crippen LogP contribution < -0.4 is 0 Å². The maximum absolute atomic E-state index is 12.4. The largest absolute Gasteiger partial charge is 0.466 e. The molecule has 134 valence electrons. The first-order chi connectivity index (χ1) is 12.2. The predicted molar refractivity (Wildman–Crippen MR) is 93.5 cm³/mol. The highest BCUT2D eigenvalue weighted by Gasteiger charge is 2.43. The zero-order valence-electron chi connectivity index (χ0n) is 14.3. The highest BCUT2D eigenvalue weighted by Crippen LogP contribution is 2.39. The Morgan fingerprint density at radius 2 is 1.88 bits per heavy atom. The molecule has 2 heterocycles. The Morgan fingerprint density at radius 1 is 1.16 bits per heavy atom. The van der Waals surface area contributed by atoms with Crippen LogP contribution in [-0.2, 0) is 23.8 Å². The normalized spacial score (nSPS) is 22.8. The molecule has 1 aliphatic carbocycles. The van der Waals surface area contributed by atoms with Crippen LogP contribution in [0.1, 0.15) is 43.1 Å². The number of aliphatic imine (C=N–C) groups is 1. The van der Waals surface area contributed by atoms with E-state index >= 15 is 0 Å². The van der Waals surface area contributed by atoms with E-state index in [4.69, 9.17) is 14.2 Å². The summed E-state index contributed by atoms with van der Waals surface area (Å²) in [7, 11) is 2.56. The fourth-order valence-electron chi connectivity index (χ4n) is 3.21. The van der Waals surface area contributed by atoms with E-state index in [0.29, 0.717) is 0 Å². The molecule has 0 saturated heterocycles. The van der Waals surface area contributed by atoms with Crippen molar-refractivity contribution in [1.29, 1.82) is 0 Å². The van der Waals surface area contributed by atoms with Gasteiger partial charge in [0.15, 0.2) is 6.10 Å². The minimum absolute atomic E-state index is 0.0818. The topological polar surface area (TPSA) is 74.2 Å². The third-order valence-corrected chi connectivity index (χ3v) is 5.36. The molecule has 0 aromatic carbocycles. The van der Waals surface area contributed by atoms with Crippen LogP contribution in [0, 0.1) is 0 Å². The first kappa shape index (κ1) is 17.7. The lowest BCUT2D eigenvalue weighted by Gasteiger charge is -2.18. The van der Waals surface area contributed by atoms with Gasteiger partial charge in [0.05, 0.1) is 20.3 Å². The molecule has 7 heteroatoms. The molecule has 1 aromatic heterocycles. The summed E-state index contributed by atoms with van der Waals surface area (Å²) in [5.41, 5.74) is 0.240. The number of carbonyl (C=O) groups excluding carboxylic acids is 2. The Kier molecular flexibility index (Phi) is 5.53. The molecule has 0 bridgehead atoms. The van der Waals surface area contributed by atoms with E-state index in [1.807, 2.05) is 17.5 Å². The second-order valence-corrected chi connectivity index (χ2v) is 6.99. The molecule has 1 aromatic rings. The summed E-state index contributed by atoms with van der Waals surface area (Å²) in [6, 6.07) is 3.83. The van der Waals surface area contributed by atoms with Crippen LogP contribution >= 0.6 is 11.3 Å². The Morgan fingerprint density at radius 3 is 2.48 bits per heavy atom. The summed E-state index contributed by atoms with van der Waals surface area (Å²) >= 11 is 1.45. The summed E-state index contributed by atoms with van der Waals surface area (Å²) < 4.78 is 15.7. The molecule has 1 saturated carbocycles. The molecule has 1 fully saturated rings. The number of ether oxygens (including phenoxy) is 3. The number of carbonyl (C=O) groups is 2. The number of rotatable bonds is 4. The van der Waals surface area contributed by atoms with E-state index < -0.39 is 18.0 Å². The van der Waals surface area contributed by atoms with Gasteiger partial charge in [0, 0.05) is 4.88 Å². The van der Waals surface area contributed by atoms with Gasteiger partial charge in [0.2, 0.25) is 5.90 Å². The summed E-state index contributed by atoms with van der Waals surface area (Å²) in [5, 5.41) is 1.89. The van der Waals surface area contributed by atoms with Gasteiger partial charge in [-0.25, -0.2) is 14.6 Å².